The van der Waals surface area contributed by atoms with Gasteiger partial charge >= 0.3 is 0 Å². The number of carbonyl (C=O) groups is 1. The van der Waals surface area contributed by atoms with Crippen LogP contribution in [0.15, 0.2) is 93.9 Å². The molecular formula is C24H20N2O4S. The van der Waals surface area contributed by atoms with Crippen molar-refractivity contribution >= 4 is 27.2 Å². The van der Waals surface area contributed by atoms with Gasteiger partial charge in [-0.2, -0.15) is 12.8 Å². The Balaban J connectivity index is 1.78. The van der Waals surface area contributed by atoms with Crippen molar-refractivity contribution in [2.75, 3.05) is 12.4 Å². The molecule has 6 nitrogen and oxygen atoms in total. The van der Waals surface area contributed by atoms with Gasteiger partial charge in [0.1, 0.15) is 5.75 Å². The van der Waals surface area contributed by atoms with E-state index in [1.165, 1.54) is 25.3 Å². The molecule has 0 heterocycles. The van der Waals surface area contributed by atoms with Gasteiger partial charge in [-0.25, -0.2) is 0 Å². The van der Waals surface area contributed by atoms with Gasteiger partial charge in [-0.3, -0.25) is 4.79 Å². The maximum Gasteiger partial charge on any atom is 0.282 e. The number of anilines is 1. The van der Waals surface area contributed by atoms with Crippen LogP contribution in [0.3, 0.4) is 0 Å². The van der Waals surface area contributed by atoms with Gasteiger partial charge in [-0.1, -0.05) is 42.0 Å². The number of hydrogen-bond donors (Lipinski definition) is 1. The molecule has 0 aromatic heterocycles. The Kier molecular flexibility index (Phi) is 5.44. The number of allylic oxidation sites excluding steroid dienone is 2. The minimum atomic E-state index is -4.00. The van der Waals surface area contributed by atoms with Crippen molar-refractivity contribution in [1.82, 2.24) is 0 Å². The fourth-order valence-corrected chi connectivity index (χ4v) is 4.22. The molecule has 0 spiro atoms. The molecule has 7 heteroatoms. The first-order valence-electron chi connectivity index (χ1n) is 9.56. The number of nitrogens with zero attached hydrogens (tertiary/aromatic N) is 1. The van der Waals surface area contributed by atoms with Gasteiger partial charge in [0, 0.05) is 16.8 Å². The molecule has 0 fully saturated rings. The van der Waals surface area contributed by atoms with Crippen LogP contribution in [-0.4, -0.2) is 27.0 Å². The summed E-state index contributed by atoms with van der Waals surface area (Å²) in [5.41, 5.74) is 3.13. The molecule has 31 heavy (non-hydrogen) atoms. The Bertz CT molecular complexity index is 1310. The molecule has 1 aliphatic carbocycles. The largest absolute Gasteiger partial charge is 0.497 e. The summed E-state index contributed by atoms with van der Waals surface area (Å²) in [5.74, 6) is 0.321. The third-order valence-corrected chi connectivity index (χ3v) is 6.18. The van der Waals surface area contributed by atoms with Gasteiger partial charge in [-0.05, 0) is 49.4 Å². The number of nitrogens with one attached hydrogen (secondary N) is 1. The van der Waals surface area contributed by atoms with Crippen LogP contribution in [0.5, 0.6) is 5.75 Å². The number of carbonyl (C=O) groups excluding carboxylic acids is 1. The fourth-order valence-electron chi connectivity index (χ4n) is 3.22. The lowest BCUT2D eigenvalue weighted by molar-refractivity contribution is 0.103. The predicted octanol–water partition coefficient (Wildman–Crippen LogP) is 4.37. The molecule has 0 atom stereocenters. The Labute approximate surface area is 181 Å². The summed E-state index contributed by atoms with van der Waals surface area (Å²) >= 11 is 0. The molecule has 156 valence electrons. The summed E-state index contributed by atoms with van der Waals surface area (Å²) in [4.78, 5) is 13.0. The average molecular weight is 433 g/mol. The molecular weight excluding hydrogens is 412 g/mol. The minimum Gasteiger partial charge on any atom is -0.497 e. The summed E-state index contributed by atoms with van der Waals surface area (Å²) in [6, 6.07) is 20.4. The van der Waals surface area contributed by atoms with E-state index < -0.39 is 10.0 Å². The van der Waals surface area contributed by atoms with Gasteiger partial charge in [0.2, 0.25) is 5.78 Å². The Morgan fingerprint density at radius 1 is 0.871 bits per heavy atom. The van der Waals surface area contributed by atoms with Crippen LogP contribution < -0.4 is 10.1 Å². The Hall–Kier alpha value is -3.71. The van der Waals surface area contributed by atoms with Crippen molar-refractivity contribution in [3.05, 3.63) is 101 Å². The average Bonchev–Trinajstić information content (AvgIpc) is 2.78. The number of sulfonamides is 1. The zero-order valence-corrected chi connectivity index (χ0v) is 17.8. The van der Waals surface area contributed by atoms with Crippen molar-refractivity contribution in [3.8, 4) is 5.75 Å². The van der Waals surface area contributed by atoms with Crippen LogP contribution in [0.2, 0.25) is 0 Å². The highest BCUT2D eigenvalue weighted by molar-refractivity contribution is 7.90. The van der Waals surface area contributed by atoms with E-state index in [0.717, 1.165) is 11.3 Å². The van der Waals surface area contributed by atoms with Crippen molar-refractivity contribution in [1.29, 1.82) is 0 Å². The van der Waals surface area contributed by atoms with E-state index >= 15 is 0 Å². The normalized spacial score (nSPS) is 14.7. The van der Waals surface area contributed by atoms with Gasteiger partial charge in [-0.15, -0.1) is 0 Å². The van der Waals surface area contributed by atoms with Crippen LogP contribution in [0.25, 0.3) is 0 Å². The zero-order valence-electron chi connectivity index (χ0n) is 17.0. The first kappa shape index (κ1) is 20.6. The highest BCUT2D eigenvalue weighted by Gasteiger charge is 2.26. The molecule has 0 saturated carbocycles. The lowest BCUT2D eigenvalue weighted by Crippen LogP contribution is -2.22. The summed E-state index contributed by atoms with van der Waals surface area (Å²) in [5, 5.41) is 3.09. The van der Waals surface area contributed by atoms with Crippen LogP contribution in [0.4, 0.5) is 5.69 Å². The van der Waals surface area contributed by atoms with Gasteiger partial charge in [0.15, 0.2) is 0 Å². The third-order valence-electron chi connectivity index (χ3n) is 4.88. The summed E-state index contributed by atoms with van der Waals surface area (Å²) in [6.07, 6.45) is 1.48. The second kappa shape index (κ2) is 8.20. The first-order chi connectivity index (χ1) is 14.9. The van der Waals surface area contributed by atoms with Crippen molar-refractivity contribution in [3.63, 3.8) is 0 Å². The molecule has 3 aromatic carbocycles. The predicted molar refractivity (Wildman–Crippen MR) is 120 cm³/mol. The molecule has 1 aliphatic rings. The molecule has 0 saturated heterocycles. The van der Waals surface area contributed by atoms with E-state index in [-0.39, 0.29) is 22.1 Å². The van der Waals surface area contributed by atoms with E-state index in [2.05, 4.69) is 9.71 Å². The molecule has 0 unspecified atom stereocenters. The van der Waals surface area contributed by atoms with E-state index in [1.54, 1.807) is 36.4 Å². The van der Waals surface area contributed by atoms with Gasteiger partial charge < -0.3 is 10.1 Å². The van der Waals surface area contributed by atoms with Crippen LogP contribution in [0.1, 0.15) is 21.5 Å². The van der Waals surface area contributed by atoms with E-state index in [9.17, 15) is 13.2 Å². The maximum absolute atomic E-state index is 13.0. The van der Waals surface area contributed by atoms with Crippen LogP contribution in [0, 0.1) is 6.92 Å². The second-order valence-electron chi connectivity index (χ2n) is 7.05. The van der Waals surface area contributed by atoms with E-state index in [1.807, 2.05) is 31.2 Å². The minimum absolute atomic E-state index is 0.0385. The molecule has 0 bridgehead atoms. The highest BCUT2D eigenvalue weighted by Crippen LogP contribution is 2.25. The molecule has 0 radical (unpaired) electrons. The van der Waals surface area contributed by atoms with Crippen molar-refractivity contribution in [2.45, 2.75) is 11.8 Å². The standard InChI is InChI=1S/C24H20N2O4S/c1-16-7-9-17(10-8-16)25-23-15-22(20-5-3-4-6-21(20)24(23)27)26-31(28,29)19-13-11-18(30-2)12-14-19/h3-15,25H,1-2H3/b26-22+. The number of hydrogen-bond acceptors (Lipinski definition) is 5. The van der Waals surface area contributed by atoms with Crippen molar-refractivity contribution < 1.29 is 17.9 Å². The summed E-state index contributed by atoms with van der Waals surface area (Å²) in [6.45, 7) is 1.97. The molecule has 1 N–H and O–H groups in total. The fraction of sp³-hybridized carbons (Fsp3) is 0.0833. The zero-order chi connectivity index (χ0) is 22.0. The van der Waals surface area contributed by atoms with Crippen LogP contribution in [-0.2, 0) is 10.0 Å². The number of rotatable bonds is 5. The maximum atomic E-state index is 13.0. The van der Waals surface area contributed by atoms with Gasteiger partial charge in [0.25, 0.3) is 10.0 Å². The topological polar surface area (TPSA) is 84.8 Å². The number of aryl methyl sites for hydroxylation is 1. The van der Waals surface area contributed by atoms with Gasteiger partial charge in [0.05, 0.1) is 23.4 Å². The number of ether oxygens (including phenoxy) is 1. The monoisotopic (exact) mass is 432 g/mol. The smallest absolute Gasteiger partial charge is 0.282 e. The Morgan fingerprint density at radius 3 is 2.16 bits per heavy atom. The molecule has 4 rings (SSSR count). The number of fused-ring (bicyclic) bond motifs is 1. The summed E-state index contributed by atoms with van der Waals surface area (Å²) < 4.78 is 35.0. The third kappa shape index (κ3) is 4.27. The molecule has 3 aromatic rings. The lowest BCUT2D eigenvalue weighted by atomic mass is 9.92. The van der Waals surface area contributed by atoms with Crippen LogP contribution >= 0.6 is 0 Å². The lowest BCUT2D eigenvalue weighted by Gasteiger charge is -2.19. The van der Waals surface area contributed by atoms with E-state index in [0.29, 0.717) is 16.9 Å². The SMILES string of the molecule is COc1ccc(S(=O)(=O)/N=C2\C=C(Nc3ccc(C)cc3)C(=O)c3ccccc32)cc1. The molecule has 0 aliphatic heterocycles. The number of Topliss-reactive ketones (excluding diaryl/α,β-unsaturated/α-hetero) is 1. The number of methoxy groups -OCH3 is 1. The molecule has 0 amide bonds. The number of ketones is 1. The highest BCUT2D eigenvalue weighted by atomic mass is 32.2. The number of benzene rings is 3. The quantitative estimate of drug-likeness (QED) is 0.647. The summed E-state index contributed by atoms with van der Waals surface area (Å²) in [7, 11) is -2.49. The first-order valence-corrected chi connectivity index (χ1v) is 11.0. The van der Waals surface area contributed by atoms with Crippen molar-refractivity contribution in [2.24, 2.45) is 4.40 Å². The Morgan fingerprint density at radius 2 is 1.52 bits per heavy atom. The second-order valence-corrected chi connectivity index (χ2v) is 8.65. The van der Waals surface area contributed by atoms with E-state index in [4.69, 9.17) is 4.74 Å².